The first kappa shape index (κ1) is 11.8. The Kier molecular flexibility index (Phi) is 3.54. The smallest absolute Gasteiger partial charge is 0.190 e. The number of para-hydroxylation sites is 1. The number of thiazole rings is 1. The van der Waals surface area contributed by atoms with Crippen molar-refractivity contribution < 1.29 is 4.79 Å². The lowest BCUT2D eigenvalue weighted by molar-refractivity contribution is 0.112. The number of nitrogens with zero attached hydrogens (tertiary/aromatic N) is 2. The number of carbonyl (C=O) groups is 1. The van der Waals surface area contributed by atoms with Gasteiger partial charge in [0.15, 0.2) is 11.4 Å². The van der Waals surface area contributed by atoms with Gasteiger partial charge in [0.1, 0.15) is 0 Å². The minimum Gasteiger partial charge on any atom is -0.321 e. The Balaban J connectivity index is 2.34. The van der Waals surface area contributed by atoms with Crippen molar-refractivity contribution in [1.82, 2.24) is 4.98 Å². The average molecular weight is 246 g/mol. The largest absolute Gasteiger partial charge is 0.321 e. The number of aldehydes is 1. The predicted molar refractivity (Wildman–Crippen MR) is 71.4 cm³/mol. The van der Waals surface area contributed by atoms with Crippen LogP contribution in [0.4, 0.5) is 10.8 Å². The molecule has 2 rings (SSSR count). The lowest BCUT2D eigenvalue weighted by Gasteiger charge is -2.15. The van der Waals surface area contributed by atoms with Gasteiger partial charge in [-0.3, -0.25) is 4.79 Å². The van der Waals surface area contributed by atoms with Gasteiger partial charge >= 0.3 is 0 Å². The summed E-state index contributed by atoms with van der Waals surface area (Å²) in [6, 6.07) is 10.00. The van der Waals surface area contributed by atoms with Gasteiger partial charge in [-0.2, -0.15) is 0 Å². The molecule has 4 heteroatoms. The van der Waals surface area contributed by atoms with Crippen LogP contribution in [0, 0.1) is 0 Å². The fraction of sp³-hybridized carbons (Fsp3) is 0.231. The highest BCUT2D eigenvalue weighted by molar-refractivity contribution is 7.17. The SMILES string of the molecule is CCc1nc(N(C)c2ccccc2)sc1C=O. The number of rotatable bonds is 4. The van der Waals surface area contributed by atoms with Crippen molar-refractivity contribution in [3.05, 3.63) is 40.9 Å². The van der Waals surface area contributed by atoms with Crippen LogP contribution in [0.5, 0.6) is 0 Å². The van der Waals surface area contributed by atoms with E-state index < -0.39 is 0 Å². The summed E-state index contributed by atoms with van der Waals surface area (Å²) in [5.74, 6) is 0. The molecule has 88 valence electrons. The van der Waals surface area contributed by atoms with Gasteiger partial charge in [0.05, 0.1) is 10.6 Å². The van der Waals surface area contributed by atoms with Crippen LogP contribution in [0.3, 0.4) is 0 Å². The second-order valence-electron chi connectivity index (χ2n) is 3.67. The third kappa shape index (κ3) is 2.36. The molecule has 1 aromatic heterocycles. The molecule has 17 heavy (non-hydrogen) atoms. The van der Waals surface area contributed by atoms with Gasteiger partial charge in [-0.15, -0.1) is 0 Å². The Hall–Kier alpha value is -1.68. The van der Waals surface area contributed by atoms with Crippen LogP contribution in [-0.2, 0) is 6.42 Å². The zero-order valence-electron chi connectivity index (χ0n) is 9.88. The Morgan fingerprint density at radius 3 is 2.59 bits per heavy atom. The lowest BCUT2D eigenvalue weighted by Crippen LogP contribution is -2.08. The molecule has 0 bridgehead atoms. The molecular formula is C13H14N2OS. The van der Waals surface area contributed by atoms with Crippen LogP contribution in [0.25, 0.3) is 0 Å². The van der Waals surface area contributed by atoms with Gasteiger partial charge in [-0.1, -0.05) is 36.5 Å². The van der Waals surface area contributed by atoms with Crippen molar-refractivity contribution in [3.63, 3.8) is 0 Å². The molecule has 1 aromatic carbocycles. The zero-order chi connectivity index (χ0) is 12.3. The van der Waals surface area contributed by atoms with E-state index in [4.69, 9.17) is 0 Å². The summed E-state index contributed by atoms with van der Waals surface area (Å²) in [7, 11) is 1.96. The molecule has 0 atom stereocenters. The molecule has 0 N–H and O–H groups in total. The Morgan fingerprint density at radius 1 is 1.35 bits per heavy atom. The van der Waals surface area contributed by atoms with Crippen LogP contribution in [-0.4, -0.2) is 18.3 Å². The van der Waals surface area contributed by atoms with E-state index in [2.05, 4.69) is 4.98 Å². The van der Waals surface area contributed by atoms with Crippen LogP contribution in [0.2, 0.25) is 0 Å². The van der Waals surface area contributed by atoms with E-state index in [1.54, 1.807) is 0 Å². The van der Waals surface area contributed by atoms with Crippen molar-refractivity contribution >= 4 is 28.4 Å². The summed E-state index contributed by atoms with van der Waals surface area (Å²) >= 11 is 1.43. The number of hydrogen-bond donors (Lipinski definition) is 0. The molecule has 3 nitrogen and oxygen atoms in total. The number of benzene rings is 1. The first-order valence-electron chi connectivity index (χ1n) is 5.50. The second kappa shape index (κ2) is 5.10. The normalized spacial score (nSPS) is 10.2. The second-order valence-corrected chi connectivity index (χ2v) is 4.68. The lowest BCUT2D eigenvalue weighted by atomic mass is 10.3. The maximum absolute atomic E-state index is 10.9. The van der Waals surface area contributed by atoms with E-state index >= 15 is 0 Å². The van der Waals surface area contributed by atoms with Gasteiger partial charge in [-0.25, -0.2) is 4.98 Å². The molecule has 0 spiro atoms. The van der Waals surface area contributed by atoms with E-state index in [9.17, 15) is 4.79 Å². The van der Waals surface area contributed by atoms with Crippen molar-refractivity contribution in [1.29, 1.82) is 0 Å². The molecule has 0 unspecified atom stereocenters. The highest BCUT2D eigenvalue weighted by Gasteiger charge is 2.13. The molecule has 0 aliphatic heterocycles. The third-order valence-corrected chi connectivity index (χ3v) is 3.69. The average Bonchev–Trinajstić information content (AvgIpc) is 2.82. The van der Waals surface area contributed by atoms with E-state index in [0.717, 1.165) is 34.1 Å². The summed E-state index contributed by atoms with van der Waals surface area (Å²) in [6.45, 7) is 2.01. The van der Waals surface area contributed by atoms with Crippen LogP contribution >= 0.6 is 11.3 Å². The quantitative estimate of drug-likeness (QED) is 0.776. The monoisotopic (exact) mass is 246 g/mol. The van der Waals surface area contributed by atoms with Crippen LogP contribution < -0.4 is 4.90 Å². The van der Waals surface area contributed by atoms with Gasteiger partial charge in [-0.05, 0) is 18.6 Å². The Morgan fingerprint density at radius 2 is 2.06 bits per heavy atom. The van der Waals surface area contributed by atoms with E-state index in [0.29, 0.717) is 0 Å². The van der Waals surface area contributed by atoms with Crippen molar-refractivity contribution in [2.75, 3.05) is 11.9 Å². The van der Waals surface area contributed by atoms with Crippen molar-refractivity contribution in [2.24, 2.45) is 0 Å². The number of hydrogen-bond acceptors (Lipinski definition) is 4. The highest BCUT2D eigenvalue weighted by atomic mass is 32.1. The van der Waals surface area contributed by atoms with Crippen molar-refractivity contribution in [3.8, 4) is 0 Å². The molecule has 0 aliphatic carbocycles. The molecule has 2 aromatic rings. The molecule has 0 amide bonds. The molecule has 0 saturated carbocycles. The Bertz CT molecular complexity index is 507. The predicted octanol–water partition coefficient (Wildman–Crippen LogP) is 3.29. The van der Waals surface area contributed by atoms with E-state index in [1.807, 2.05) is 49.2 Å². The van der Waals surface area contributed by atoms with Gasteiger partial charge < -0.3 is 4.90 Å². The molecule has 0 saturated heterocycles. The van der Waals surface area contributed by atoms with E-state index in [-0.39, 0.29) is 0 Å². The number of carbonyl (C=O) groups excluding carboxylic acids is 1. The minimum atomic E-state index is 0.727. The highest BCUT2D eigenvalue weighted by Crippen LogP contribution is 2.29. The maximum atomic E-state index is 10.9. The van der Waals surface area contributed by atoms with Crippen LogP contribution in [0.15, 0.2) is 30.3 Å². The summed E-state index contributed by atoms with van der Waals surface area (Å²) < 4.78 is 0. The molecule has 0 radical (unpaired) electrons. The third-order valence-electron chi connectivity index (χ3n) is 2.59. The Labute approximate surface area is 105 Å². The molecule has 1 heterocycles. The molecule has 0 aliphatic rings. The van der Waals surface area contributed by atoms with Gasteiger partial charge in [0.2, 0.25) is 0 Å². The minimum absolute atomic E-state index is 0.727. The topological polar surface area (TPSA) is 33.2 Å². The van der Waals surface area contributed by atoms with E-state index in [1.165, 1.54) is 11.3 Å². The summed E-state index contributed by atoms with van der Waals surface area (Å²) in [6.07, 6.45) is 1.67. The number of aromatic nitrogens is 1. The molecular weight excluding hydrogens is 232 g/mol. The fourth-order valence-electron chi connectivity index (χ4n) is 1.60. The number of aryl methyl sites for hydroxylation is 1. The van der Waals surface area contributed by atoms with Gasteiger partial charge in [0.25, 0.3) is 0 Å². The maximum Gasteiger partial charge on any atom is 0.190 e. The standard InChI is InChI=1S/C13H14N2OS/c1-3-11-12(9-16)17-13(14-11)15(2)10-7-5-4-6-8-10/h4-9H,3H2,1-2H3. The molecule has 0 fully saturated rings. The van der Waals surface area contributed by atoms with Crippen molar-refractivity contribution in [2.45, 2.75) is 13.3 Å². The summed E-state index contributed by atoms with van der Waals surface area (Å²) in [5.41, 5.74) is 1.95. The summed E-state index contributed by atoms with van der Waals surface area (Å²) in [4.78, 5) is 18.1. The summed E-state index contributed by atoms with van der Waals surface area (Å²) in [5, 5.41) is 0.857. The fourth-order valence-corrected chi connectivity index (χ4v) is 2.55. The first-order chi connectivity index (χ1) is 8.26. The number of anilines is 2. The first-order valence-corrected chi connectivity index (χ1v) is 6.31. The zero-order valence-corrected chi connectivity index (χ0v) is 10.7. The van der Waals surface area contributed by atoms with Crippen LogP contribution in [0.1, 0.15) is 22.3 Å². The van der Waals surface area contributed by atoms with Gasteiger partial charge in [0, 0.05) is 12.7 Å².